The van der Waals surface area contributed by atoms with Gasteiger partial charge in [0.1, 0.15) is 5.82 Å². The maximum atomic E-state index is 13.2. The number of morpholine rings is 1. The van der Waals surface area contributed by atoms with E-state index in [0.717, 1.165) is 13.2 Å². The van der Waals surface area contributed by atoms with E-state index in [-0.39, 0.29) is 11.9 Å². The summed E-state index contributed by atoms with van der Waals surface area (Å²) in [5, 5.41) is 3.19. The lowest BCUT2D eigenvalue weighted by molar-refractivity contribution is -0.0415. The summed E-state index contributed by atoms with van der Waals surface area (Å²) in [7, 11) is 0. The highest BCUT2D eigenvalue weighted by Gasteiger charge is 2.31. The van der Waals surface area contributed by atoms with Gasteiger partial charge in [-0.1, -0.05) is 0 Å². The Morgan fingerprint density at radius 2 is 2.37 bits per heavy atom. The molecule has 2 atom stereocenters. The molecule has 4 nitrogen and oxygen atoms in total. The van der Waals surface area contributed by atoms with Crippen molar-refractivity contribution in [3.8, 4) is 0 Å². The molecule has 104 valence electrons. The molecular weight excluding hydrogens is 245 g/mol. The van der Waals surface area contributed by atoms with E-state index in [0.29, 0.717) is 24.0 Å². The molecule has 2 fully saturated rings. The maximum absolute atomic E-state index is 13.2. The number of nitrogens with one attached hydrogen (secondary N) is 1. The van der Waals surface area contributed by atoms with Crippen LogP contribution in [0.3, 0.4) is 0 Å². The summed E-state index contributed by atoms with van der Waals surface area (Å²) in [5.41, 5.74) is 7.02. The van der Waals surface area contributed by atoms with Crippen molar-refractivity contribution in [3.05, 3.63) is 24.0 Å². The van der Waals surface area contributed by atoms with Crippen LogP contribution in [0.25, 0.3) is 0 Å². The Labute approximate surface area is 112 Å². The number of rotatable bonds is 3. The number of fused-ring (bicyclic) bond motifs is 1. The zero-order valence-electron chi connectivity index (χ0n) is 10.9. The molecule has 1 aromatic carbocycles. The highest BCUT2D eigenvalue weighted by Crippen LogP contribution is 2.24. The van der Waals surface area contributed by atoms with E-state index in [9.17, 15) is 4.39 Å². The Kier molecular flexibility index (Phi) is 3.57. The number of hydrogen-bond donors (Lipinski definition) is 2. The van der Waals surface area contributed by atoms with Crippen LogP contribution < -0.4 is 11.1 Å². The fraction of sp³-hybridized carbons (Fsp3) is 0.571. The summed E-state index contributed by atoms with van der Waals surface area (Å²) in [4.78, 5) is 2.49. The quantitative estimate of drug-likeness (QED) is 0.817. The molecule has 0 bridgehead atoms. The van der Waals surface area contributed by atoms with E-state index in [1.165, 1.54) is 31.5 Å². The third kappa shape index (κ3) is 2.82. The van der Waals surface area contributed by atoms with Crippen LogP contribution in [0.4, 0.5) is 15.8 Å². The van der Waals surface area contributed by atoms with Gasteiger partial charge in [0.15, 0.2) is 0 Å². The minimum atomic E-state index is -0.277. The first-order chi connectivity index (χ1) is 9.22. The van der Waals surface area contributed by atoms with E-state index in [2.05, 4.69) is 10.2 Å². The molecule has 0 aliphatic carbocycles. The maximum Gasteiger partial charge on any atom is 0.125 e. The summed E-state index contributed by atoms with van der Waals surface area (Å²) < 4.78 is 19.0. The van der Waals surface area contributed by atoms with Crippen LogP contribution in [0.5, 0.6) is 0 Å². The van der Waals surface area contributed by atoms with Gasteiger partial charge in [0.25, 0.3) is 0 Å². The Hall–Kier alpha value is -1.33. The van der Waals surface area contributed by atoms with Crippen molar-refractivity contribution < 1.29 is 9.13 Å². The second-order valence-corrected chi connectivity index (χ2v) is 5.36. The lowest BCUT2D eigenvalue weighted by Crippen LogP contribution is -2.48. The highest BCUT2D eigenvalue weighted by molar-refractivity contribution is 5.65. The molecule has 0 amide bonds. The fourth-order valence-electron chi connectivity index (χ4n) is 2.91. The van der Waals surface area contributed by atoms with Crippen molar-refractivity contribution in [1.82, 2.24) is 4.90 Å². The van der Waals surface area contributed by atoms with Gasteiger partial charge in [-0.15, -0.1) is 0 Å². The molecule has 2 aliphatic rings. The SMILES string of the molecule is Nc1ccc(F)cc1NCC1CN2CCCC2CO1. The molecule has 0 saturated carbocycles. The topological polar surface area (TPSA) is 50.5 Å². The van der Waals surface area contributed by atoms with Crippen molar-refractivity contribution in [2.75, 3.05) is 37.3 Å². The van der Waals surface area contributed by atoms with Gasteiger partial charge in [0, 0.05) is 19.1 Å². The lowest BCUT2D eigenvalue weighted by Gasteiger charge is -2.35. The van der Waals surface area contributed by atoms with E-state index in [1.807, 2.05) is 0 Å². The number of benzene rings is 1. The van der Waals surface area contributed by atoms with Crippen LogP contribution >= 0.6 is 0 Å². The molecular formula is C14H20FN3O. The summed E-state index contributed by atoms with van der Waals surface area (Å²) >= 11 is 0. The van der Waals surface area contributed by atoms with E-state index in [1.54, 1.807) is 6.07 Å². The predicted molar refractivity (Wildman–Crippen MR) is 73.6 cm³/mol. The molecule has 2 saturated heterocycles. The largest absolute Gasteiger partial charge is 0.397 e. The molecule has 19 heavy (non-hydrogen) atoms. The molecule has 3 N–H and O–H groups in total. The molecule has 2 heterocycles. The van der Waals surface area contributed by atoms with Crippen molar-refractivity contribution in [3.63, 3.8) is 0 Å². The standard InChI is InChI=1S/C14H20FN3O/c15-10-3-4-13(16)14(6-10)17-7-12-8-18-5-1-2-11(18)9-19-12/h3-4,6,11-12,17H,1-2,5,7-9,16H2. The van der Waals surface area contributed by atoms with Crippen LogP contribution in [0.1, 0.15) is 12.8 Å². The molecule has 0 spiro atoms. The number of nitrogens with zero attached hydrogens (tertiary/aromatic N) is 1. The van der Waals surface area contributed by atoms with Crippen LogP contribution in [0, 0.1) is 5.82 Å². The first kappa shape index (κ1) is 12.7. The lowest BCUT2D eigenvalue weighted by atomic mass is 10.2. The third-order valence-electron chi connectivity index (χ3n) is 4.00. The number of nitrogens with two attached hydrogens (primary N) is 1. The first-order valence-electron chi connectivity index (χ1n) is 6.87. The van der Waals surface area contributed by atoms with Gasteiger partial charge >= 0.3 is 0 Å². The van der Waals surface area contributed by atoms with Gasteiger partial charge in [0.2, 0.25) is 0 Å². The zero-order chi connectivity index (χ0) is 13.2. The van der Waals surface area contributed by atoms with Gasteiger partial charge in [-0.25, -0.2) is 4.39 Å². The van der Waals surface area contributed by atoms with Gasteiger partial charge < -0.3 is 15.8 Å². The average molecular weight is 265 g/mol. The Bertz CT molecular complexity index is 454. The normalized spacial score (nSPS) is 27.2. The number of nitrogen functional groups attached to an aromatic ring is 1. The van der Waals surface area contributed by atoms with E-state index < -0.39 is 0 Å². The molecule has 1 aromatic rings. The minimum absolute atomic E-state index is 0.150. The molecule has 2 unspecified atom stereocenters. The predicted octanol–water partition coefficient (Wildman–Crippen LogP) is 1.68. The molecule has 5 heteroatoms. The molecule has 3 rings (SSSR count). The van der Waals surface area contributed by atoms with Crippen molar-refractivity contribution >= 4 is 11.4 Å². The van der Waals surface area contributed by atoms with E-state index >= 15 is 0 Å². The number of ether oxygens (including phenoxy) is 1. The number of halogens is 1. The Morgan fingerprint density at radius 3 is 3.26 bits per heavy atom. The van der Waals surface area contributed by atoms with Gasteiger partial charge in [-0.3, -0.25) is 4.90 Å². The van der Waals surface area contributed by atoms with Crippen LogP contribution in [-0.2, 0) is 4.74 Å². The van der Waals surface area contributed by atoms with Gasteiger partial charge in [0.05, 0.1) is 24.1 Å². The smallest absolute Gasteiger partial charge is 0.125 e. The monoisotopic (exact) mass is 265 g/mol. The summed E-state index contributed by atoms with van der Waals surface area (Å²) in [5.74, 6) is -0.277. The first-order valence-corrected chi connectivity index (χ1v) is 6.87. The molecule has 0 radical (unpaired) electrons. The van der Waals surface area contributed by atoms with Crippen molar-refractivity contribution in [2.45, 2.75) is 25.0 Å². The fourth-order valence-corrected chi connectivity index (χ4v) is 2.91. The van der Waals surface area contributed by atoms with Crippen molar-refractivity contribution in [1.29, 1.82) is 0 Å². The second-order valence-electron chi connectivity index (χ2n) is 5.36. The Balaban J connectivity index is 1.56. The summed E-state index contributed by atoms with van der Waals surface area (Å²) in [6, 6.07) is 4.98. The third-order valence-corrected chi connectivity index (χ3v) is 4.00. The number of hydrogen-bond acceptors (Lipinski definition) is 4. The molecule has 2 aliphatic heterocycles. The Morgan fingerprint density at radius 1 is 1.47 bits per heavy atom. The average Bonchev–Trinajstić information content (AvgIpc) is 2.87. The highest BCUT2D eigenvalue weighted by atomic mass is 19.1. The van der Waals surface area contributed by atoms with E-state index in [4.69, 9.17) is 10.5 Å². The van der Waals surface area contributed by atoms with Gasteiger partial charge in [-0.05, 0) is 37.6 Å². The zero-order valence-corrected chi connectivity index (χ0v) is 10.9. The molecule has 0 aromatic heterocycles. The second kappa shape index (κ2) is 5.35. The summed E-state index contributed by atoms with van der Waals surface area (Å²) in [6.45, 7) is 3.60. The van der Waals surface area contributed by atoms with Crippen LogP contribution in [-0.4, -0.2) is 43.3 Å². The minimum Gasteiger partial charge on any atom is -0.397 e. The van der Waals surface area contributed by atoms with Gasteiger partial charge in [-0.2, -0.15) is 0 Å². The summed E-state index contributed by atoms with van der Waals surface area (Å²) in [6.07, 6.45) is 2.67. The van der Waals surface area contributed by atoms with Crippen LogP contribution in [0.2, 0.25) is 0 Å². The van der Waals surface area contributed by atoms with Crippen molar-refractivity contribution in [2.24, 2.45) is 0 Å². The van der Waals surface area contributed by atoms with Crippen LogP contribution in [0.15, 0.2) is 18.2 Å². The number of anilines is 2.